The van der Waals surface area contributed by atoms with Gasteiger partial charge in [-0.3, -0.25) is 0 Å². The maximum Gasteiger partial charge on any atom is 0.155 e. The van der Waals surface area contributed by atoms with Gasteiger partial charge in [0.25, 0.3) is 0 Å². The molecule has 0 radical (unpaired) electrons. The molecule has 0 unspecified atom stereocenters. The summed E-state index contributed by atoms with van der Waals surface area (Å²) < 4.78 is 4.95. The van der Waals surface area contributed by atoms with E-state index in [0.717, 1.165) is 16.5 Å². The molecule has 1 aromatic rings. The molecule has 0 aliphatic carbocycles. The smallest absolute Gasteiger partial charge is 0.155 e. The zero-order valence-electron chi connectivity index (χ0n) is 7.50. The molecule has 12 heavy (non-hydrogen) atoms. The predicted octanol–water partition coefficient (Wildman–Crippen LogP) is 1.65. The van der Waals surface area contributed by atoms with Gasteiger partial charge in [0.15, 0.2) is 5.82 Å². The van der Waals surface area contributed by atoms with Gasteiger partial charge >= 0.3 is 0 Å². The summed E-state index contributed by atoms with van der Waals surface area (Å²) in [4.78, 5) is 8.49. The van der Waals surface area contributed by atoms with Crippen molar-refractivity contribution in [1.29, 1.82) is 0 Å². The highest BCUT2D eigenvalue weighted by Crippen LogP contribution is 2.12. The third-order valence-corrected chi connectivity index (χ3v) is 1.99. The molecule has 0 amide bonds. The molecule has 0 bridgehead atoms. The zero-order valence-corrected chi connectivity index (χ0v) is 8.31. The molecular formula is C8H12N2OS. The van der Waals surface area contributed by atoms with Crippen LogP contribution in [0.25, 0.3) is 0 Å². The van der Waals surface area contributed by atoms with Crippen LogP contribution >= 0.6 is 11.8 Å². The van der Waals surface area contributed by atoms with Crippen LogP contribution in [0.15, 0.2) is 11.1 Å². The summed E-state index contributed by atoms with van der Waals surface area (Å²) in [6.45, 7) is 2.44. The van der Waals surface area contributed by atoms with Crippen LogP contribution in [-0.4, -0.2) is 23.3 Å². The van der Waals surface area contributed by atoms with Gasteiger partial charge in [-0.05, 0) is 19.2 Å². The average molecular weight is 184 g/mol. The maximum atomic E-state index is 4.95. The molecule has 3 nitrogen and oxygen atoms in total. The molecule has 0 fully saturated rings. The monoisotopic (exact) mass is 184 g/mol. The third kappa shape index (κ3) is 2.46. The maximum absolute atomic E-state index is 4.95. The van der Waals surface area contributed by atoms with Crippen molar-refractivity contribution in [2.45, 2.75) is 18.6 Å². The van der Waals surface area contributed by atoms with Gasteiger partial charge in [0, 0.05) is 12.8 Å². The van der Waals surface area contributed by atoms with E-state index in [1.807, 2.05) is 19.2 Å². The second-order valence-corrected chi connectivity index (χ2v) is 3.23. The highest BCUT2D eigenvalue weighted by Gasteiger charge is 1.99. The molecule has 0 atom stereocenters. The van der Waals surface area contributed by atoms with Crippen LogP contribution in [0.1, 0.15) is 11.5 Å². The molecule has 66 valence electrons. The lowest BCUT2D eigenvalue weighted by Gasteiger charge is -2.02. The van der Waals surface area contributed by atoms with Crippen molar-refractivity contribution in [3.05, 3.63) is 17.6 Å². The molecule has 0 aliphatic heterocycles. The first-order valence-electron chi connectivity index (χ1n) is 3.63. The van der Waals surface area contributed by atoms with Gasteiger partial charge in [0.05, 0.1) is 5.03 Å². The van der Waals surface area contributed by atoms with E-state index >= 15 is 0 Å². The van der Waals surface area contributed by atoms with Crippen molar-refractivity contribution in [2.24, 2.45) is 0 Å². The molecule has 0 N–H and O–H groups in total. The predicted molar refractivity (Wildman–Crippen MR) is 49.3 cm³/mol. The normalized spacial score (nSPS) is 10.2. The highest BCUT2D eigenvalue weighted by atomic mass is 32.2. The van der Waals surface area contributed by atoms with Crippen LogP contribution in [-0.2, 0) is 11.3 Å². The van der Waals surface area contributed by atoms with Crippen LogP contribution in [0.4, 0.5) is 0 Å². The van der Waals surface area contributed by atoms with Crippen molar-refractivity contribution in [1.82, 2.24) is 9.97 Å². The van der Waals surface area contributed by atoms with Gasteiger partial charge < -0.3 is 4.74 Å². The van der Waals surface area contributed by atoms with Crippen LogP contribution in [0, 0.1) is 6.92 Å². The summed E-state index contributed by atoms with van der Waals surface area (Å²) in [5.74, 6) is 0.752. The number of ether oxygens (including phenoxy) is 1. The van der Waals surface area contributed by atoms with Crippen LogP contribution in [0.5, 0.6) is 0 Å². The van der Waals surface area contributed by atoms with Crippen molar-refractivity contribution in [3.8, 4) is 0 Å². The number of nitrogens with zero attached hydrogens (tertiary/aromatic N) is 2. The molecule has 0 aromatic carbocycles. The Morgan fingerprint density at radius 1 is 1.50 bits per heavy atom. The second kappa shape index (κ2) is 4.42. The molecule has 1 aromatic heterocycles. The van der Waals surface area contributed by atoms with Gasteiger partial charge in [0.1, 0.15) is 6.61 Å². The van der Waals surface area contributed by atoms with E-state index in [0.29, 0.717) is 6.61 Å². The quantitative estimate of drug-likeness (QED) is 0.528. The molecular weight excluding hydrogens is 172 g/mol. The average Bonchev–Trinajstić information content (AvgIpc) is 2.04. The van der Waals surface area contributed by atoms with Crippen molar-refractivity contribution < 1.29 is 4.74 Å². The fourth-order valence-corrected chi connectivity index (χ4v) is 1.38. The largest absolute Gasteiger partial charge is 0.377 e. The first-order valence-corrected chi connectivity index (χ1v) is 4.86. The summed E-state index contributed by atoms with van der Waals surface area (Å²) in [5.41, 5.74) is 0.987. The summed E-state index contributed by atoms with van der Waals surface area (Å²) in [6.07, 6.45) is 2.00. The number of thioether (sulfide) groups is 1. The fourth-order valence-electron chi connectivity index (χ4n) is 0.897. The van der Waals surface area contributed by atoms with Crippen molar-refractivity contribution >= 4 is 11.8 Å². The molecule has 0 saturated heterocycles. The Kier molecular flexibility index (Phi) is 3.49. The van der Waals surface area contributed by atoms with E-state index in [2.05, 4.69) is 9.97 Å². The summed E-state index contributed by atoms with van der Waals surface area (Å²) >= 11 is 1.62. The Morgan fingerprint density at radius 2 is 2.25 bits per heavy atom. The Bertz CT molecular complexity index is 265. The molecule has 1 rings (SSSR count). The Morgan fingerprint density at radius 3 is 2.83 bits per heavy atom. The first-order chi connectivity index (χ1) is 5.76. The minimum atomic E-state index is 0.481. The SMILES string of the molecule is COCc1nc(C)cc(SC)n1. The van der Waals surface area contributed by atoms with Crippen LogP contribution in [0.2, 0.25) is 0 Å². The molecule has 0 aliphatic rings. The van der Waals surface area contributed by atoms with E-state index in [4.69, 9.17) is 4.74 Å². The Labute approximate surface area is 76.6 Å². The van der Waals surface area contributed by atoms with Gasteiger partial charge in [-0.15, -0.1) is 11.8 Å². The minimum absolute atomic E-state index is 0.481. The first kappa shape index (κ1) is 9.48. The van der Waals surface area contributed by atoms with E-state index < -0.39 is 0 Å². The summed E-state index contributed by atoms with van der Waals surface area (Å²) in [6, 6.07) is 1.96. The van der Waals surface area contributed by atoms with E-state index in [9.17, 15) is 0 Å². The lowest BCUT2D eigenvalue weighted by atomic mass is 10.4. The van der Waals surface area contributed by atoms with E-state index in [-0.39, 0.29) is 0 Å². The number of aromatic nitrogens is 2. The standard InChI is InChI=1S/C8H12N2OS/c1-6-4-8(12-3)10-7(9-6)5-11-2/h4H,5H2,1-3H3. The zero-order chi connectivity index (χ0) is 8.97. The van der Waals surface area contributed by atoms with Crippen LogP contribution in [0.3, 0.4) is 0 Å². The van der Waals surface area contributed by atoms with E-state index in [1.165, 1.54) is 0 Å². The van der Waals surface area contributed by atoms with Gasteiger partial charge in [-0.1, -0.05) is 0 Å². The van der Waals surface area contributed by atoms with Gasteiger partial charge in [0.2, 0.25) is 0 Å². The fraction of sp³-hybridized carbons (Fsp3) is 0.500. The summed E-state index contributed by atoms with van der Waals surface area (Å²) in [5, 5.41) is 0.995. The topological polar surface area (TPSA) is 35.0 Å². The number of hydrogen-bond acceptors (Lipinski definition) is 4. The number of aryl methyl sites for hydroxylation is 1. The second-order valence-electron chi connectivity index (χ2n) is 2.40. The molecule has 0 saturated carbocycles. The third-order valence-electron chi connectivity index (χ3n) is 1.36. The van der Waals surface area contributed by atoms with Crippen molar-refractivity contribution in [3.63, 3.8) is 0 Å². The lowest BCUT2D eigenvalue weighted by molar-refractivity contribution is 0.177. The molecule has 0 spiro atoms. The number of hydrogen-bond donors (Lipinski definition) is 0. The minimum Gasteiger partial charge on any atom is -0.377 e. The van der Waals surface area contributed by atoms with E-state index in [1.54, 1.807) is 18.9 Å². The highest BCUT2D eigenvalue weighted by molar-refractivity contribution is 7.98. The van der Waals surface area contributed by atoms with Gasteiger partial charge in [-0.25, -0.2) is 9.97 Å². The Balaban J connectivity index is 2.90. The Hall–Kier alpha value is -0.610. The molecule has 4 heteroatoms. The number of rotatable bonds is 3. The lowest BCUT2D eigenvalue weighted by Crippen LogP contribution is -1.99. The van der Waals surface area contributed by atoms with Gasteiger partial charge in [-0.2, -0.15) is 0 Å². The number of methoxy groups -OCH3 is 1. The summed E-state index contributed by atoms with van der Waals surface area (Å²) in [7, 11) is 1.64. The van der Waals surface area contributed by atoms with Crippen LogP contribution < -0.4 is 0 Å². The van der Waals surface area contributed by atoms with Crippen molar-refractivity contribution in [2.75, 3.05) is 13.4 Å². The molecule has 1 heterocycles.